The quantitative estimate of drug-likeness (QED) is 0.597. The summed E-state index contributed by atoms with van der Waals surface area (Å²) in [6.07, 6.45) is 1.06. The van der Waals surface area contributed by atoms with Crippen LogP contribution in [0.3, 0.4) is 0 Å². The van der Waals surface area contributed by atoms with Crippen molar-refractivity contribution in [3.8, 4) is 0 Å². The Kier molecular flexibility index (Phi) is 3.09. The normalized spacial score (nSPS) is 10.9. The van der Waals surface area contributed by atoms with Crippen molar-refractivity contribution in [3.63, 3.8) is 0 Å². The zero-order chi connectivity index (χ0) is 7.23. The van der Waals surface area contributed by atoms with Crippen LogP contribution in [0.15, 0.2) is 27.1 Å². The summed E-state index contributed by atoms with van der Waals surface area (Å²) in [5.74, 6) is 0. The minimum Gasteiger partial charge on any atom is -0.189 e. The Morgan fingerprint density at radius 3 is 3.10 bits per heavy atom. The number of nitrogens with zero attached hydrogens (tertiary/aromatic N) is 2. The van der Waals surface area contributed by atoms with E-state index in [1.54, 1.807) is 11.3 Å². The topological polar surface area (TPSA) is 24.7 Å². The molecule has 0 spiro atoms. The van der Waals surface area contributed by atoms with E-state index in [1.807, 2.05) is 16.8 Å². The van der Waals surface area contributed by atoms with Gasteiger partial charge in [0.05, 0.1) is 12.2 Å². The number of thiophene rings is 1. The average Bonchev–Trinajstić information content (AvgIpc) is 2.41. The van der Waals surface area contributed by atoms with E-state index in [4.69, 9.17) is 0 Å². The second kappa shape index (κ2) is 4.17. The van der Waals surface area contributed by atoms with Gasteiger partial charge in [0.1, 0.15) is 0 Å². The first kappa shape index (κ1) is 7.41. The SMILES string of the molecule is CCCN=Nc1ccsc1. The molecule has 10 heavy (non-hydrogen) atoms. The van der Waals surface area contributed by atoms with Crippen molar-refractivity contribution in [1.82, 2.24) is 0 Å². The van der Waals surface area contributed by atoms with Crippen molar-refractivity contribution in [2.45, 2.75) is 13.3 Å². The molecule has 2 nitrogen and oxygen atoms in total. The molecule has 0 bridgehead atoms. The Hall–Kier alpha value is -0.700. The van der Waals surface area contributed by atoms with Crippen LogP contribution in [0.25, 0.3) is 0 Å². The van der Waals surface area contributed by atoms with Crippen molar-refractivity contribution in [2.75, 3.05) is 6.54 Å². The lowest BCUT2D eigenvalue weighted by molar-refractivity contribution is 0.877. The van der Waals surface area contributed by atoms with Crippen LogP contribution in [0.5, 0.6) is 0 Å². The van der Waals surface area contributed by atoms with Crippen LogP contribution in [0, 0.1) is 0 Å². The van der Waals surface area contributed by atoms with E-state index in [0.29, 0.717) is 0 Å². The summed E-state index contributed by atoms with van der Waals surface area (Å²) in [5, 5.41) is 11.9. The molecule has 3 heteroatoms. The highest BCUT2D eigenvalue weighted by Gasteiger charge is 1.84. The minimum absolute atomic E-state index is 0.829. The second-order valence-electron chi connectivity index (χ2n) is 1.95. The van der Waals surface area contributed by atoms with Gasteiger partial charge in [-0.15, -0.1) is 0 Å². The summed E-state index contributed by atoms with van der Waals surface area (Å²) in [6.45, 7) is 2.92. The first-order valence-corrected chi connectivity index (χ1v) is 4.27. The van der Waals surface area contributed by atoms with E-state index >= 15 is 0 Å². The van der Waals surface area contributed by atoms with Gasteiger partial charge in [-0.1, -0.05) is 6.92 Å². The van der Waals surface area contributed by atoms with E-state index in [-0.39, 0.29) is 0 Å². The molecular weight excluding hydrogens is 144 g/mol. The molecule has 0 N–H and O–H groups in total. The summed E-state index contributed by atoms with van der Waals surface area (Å²) in [4.78, 5) is 0. The predicted molar refractivity (Wildman–Crippen MR) is 44.0 cm³/mol. The van der Waals surface area contributed by atoms with Crippen LogP contribution in [-0.4, -0.2) is 6.54 Å². The van der Waals surface area contributed by atoms with Crippen LogP contribution in [-0.2, 0) is 0 Å². The van der Waals surface area contributed by atoms with Crippen LogP contribution < -0.4 is 0 Å². The monoisotopic (exact) mass is 154 g/mol. The summed E-state index contributed by atoms with van der Waals surface area (Å²) >= 11 is 1.64. The van der Waals surface area contributed by atoms with Gasteiger partial charge >= 0.3 is 0 Å². The van der Waals surface area contributed by atoms with Gasteiger partial charge in [-0.2, -0.15) is 21.6 Å². The fraction of sp³-hybridized carbons (Fsp3) is 0.429. The van der Waals surface area contributed by atoms with Gasteiger partial charge in [-0.05, 0) is 17.9 Å². The third kappa shape index (κ3) is 2.27. The van der Waals surface area contributed by atoms with Gasteiger partial charge in [-0.25, -0.2) is 0 Å². The van der Waals surface area contributed by atoms with Crippen molar-refractivity contribution in [2.24, 2.45) is 10.2 Å². The number of hydrogen-bond donors (Lipinski definition) is 0. The van der Waals surface area contributed by atoms with E-state index < -0.39 is 0 Å². The first-order chi connectivity index (χ1) is 4.93. The van der Waals surface area contributed by atoms with Gasteiger partial charge < -0.3 is 0 Å². The minimum atomic E-state index is 0.829. The van der Waals surface area contributed by atoms with Crippen molar-refractivity contribution in [1.29, 1.82) is 0 Å². The molecule has 54 valence electrons. The molecule has 1 aromatic rings. The molecule has 0 saturated heterocycles. The van der Waals surface area contributed by atoms with E-state index in [0.717, 1.165) is 18.7 Å². The van der Waals surface area contributed by atoms with Gasteiger partial charge in [0, 0.05) is 5.38 Å². The molecule has 0 fully saturated rings. The molecule has 1 heterocycles. The Morgan fingerprint density at radius 2 is 2.50 bits per heavy atom. The highest BCUT2D eigenvalue weighted by Crippen LogP contribution is 2.15. The van der Waals surface area contributed by atoms with E-state index in [9.17, 15) is 0 Å². The third-order valence-corrected chi connectivity index (χ3v) is 1.69. The third-order valence-electron chi connectivity index (χ3n) is 1.02. The van der Waals surface area contributed by atoms with Gasteiger partial charge in [0.15, 0.2) is 0 Å². The Morgan fingerprint density at radius 1 is 1.60 bits per heavy atom. The molecule has 0 amide bonds. The Balaban J connectivity index is 2.40. The number of azo groups is 1. The van der Waals surface area contributed by atoms with Crippen LogP contribution >= 0.6 is 11.3 Å². The average molecular weight is 154 g/mol. The second-order valence-corrected chi connectivity index (χ2v) is 2.73. The molecule has 0 aliphatic carbocycles. The maximum absolute atomic E-state index is 3.99. The molecule has 0 aliphatic heterocycles. The highest BCUT2D eigenvalue weighted by atomic mass is 32.1. The van der Waals surface area contributed by atoms with Crippen molar-refractivity contribution in [3.05, 3.63) is 16.8 Å². The molecule has 0 saturated carbocycles. The summed E-state index contributed by atoms with van der Waals surface area (Å²) in [5.41, 5.74) is 0.971. The first-order valence-electron chi connectivity index (χ1n) is 3.33. The molecule has 0 aliphatic rings. The number of hydrogen-bond acceptors (Lipinski definition) is 3. The summed E-state index contributed by atoms with van der Waals surface area (Å²) < 4.78 is 0. The lowest BCUT2D eigenvalue weighted by atomic mass is 10.5. The smallest absolute Gasteiger partial charge is 0.0959 e. The molecule has 1 aromatic heterocycles. The van der Waals surface area contributed by atoms with Gasteiger partial charge in [0.25, 0.3) is 0 Å². The predicted octanol–water partition coefficient (Wildman–Crippen LogP) is 3.24. The summed E-state index contributed by atoms with van der Waals surface area (Å²) in [7, 11) is 0. The molecular formula is C7H10N2S. The molecule has 0 unspecified atom stereocenters. The standard InChI is InChI=1S/C7H10N2S/c1-2-4-8-9-7-3-5-10-6-7/h3,5-6H,2,4H2,1H3. The molecule has 0 radical (unpaired) electrons. The zero-order valence-corrected chi connectivity index (χ0v) is 6.77. The fourth-order valence-electron chi connectivity index (χ4n) is 0.546. The number of rotatable bonds is 3. The Labute approximate surface area is 64.6 Å². The molecule has 0 aromatic carbocycles. The van der Waals surface area contributed by atoms with E-state index in [2.05, 4.69) is 17.2 Å². The lowest BCUT2D eigenvalue weighted by Crippen LogP contribution is -1.69. The largest absolute Gasteiger partial charge is 0.189 e. The maximum atomic E-state index is 3.99. The van der Waals surface area contributed by atoms with Crippen LogP contribution in [0.1, 0.15) is 13.3 Å². The Bertz CT molecular complexity index is 191. The molecule has 0 atom stereocenters. The highest BCUT2D eigenvalue weighted by molar-refractivity contribution is 7.08. The van der Waals surface area contributed by atoms with Crippen molar-refractivity contribution < 1.29 is 0 Å². The maximum Gasteiger partial charge on any atom is 0.0959 e. The zero-order valence-electron chi connectivity index (χ0n) is 5.95. The van der Waals surface area contributed by atoms with E-state index in [1.165, 1.54) is 0 Å². The van der Waals surface area contributed by atoms with Gasteiger partial charge in [-0.3, -0.25) is 0 Å². The van der Waals surface area contributed by atoms with Gasteiger partial charge in [0.2, 0.25) is 0 Å². The molecule has 1 rings (SSSR count). The van der Waals surface area contributed by atoms with Crippen LogP contribution in [0.2, 0.25) is 0 Å². The van der Waals surface area contributed by atoms with Crippen molar-refractivity contribution >= 4 is 17.0 Å². The lowest BCUT2D eigenvalue weighted by Gasteiger charge is -1.82. The van der Waals surface area contributed by atoms with Crippen LogP contribution in [0.4, 0.5) is 5.69 Å². The fourth-order valence-corrected chi connectivity index (χ4v) is 1.11. The summed E-state index contributed by atoms with van der Waals surface area (Å²) in [6, 6.07) is 1.96.